The summed E-state index contributed by atoms with van der Waals surface area (Å²) in [5, 5.41) is 0. The van der Waals surface area contributed by atoms with Crippen LogP contribution in [0.25, 0.3) is 0 Å². The van der Waals surface area contributed by atoms with E-state index < -0.39 is 67.3 Å². The topological polar surface area (TPSA) is 3.24 Å². The number of alkyl halides is 15. The van der Waals surface area contributed by atoms with Crippen molar-refractivity contribution in [1.29, 1.82) is 0 Å². The molecule has 0 aromatic heterocycles. The van der Waals surface area contributed by atoms with Crippen molar-refractivity contribution in [2.24, 2.45) is 0 Å². The van der Waals surface area contributed by atoms with Gasteiger partial charge in [-0.05, 0) is 22.6 Å². The van der Waals surface area contributed by atoms with Crippen molar-refractivity contribution in [3.05, 3.63) is 0 Å². The molecule has 0 N–H and O–H groups in total. The Morgan fingerprint density at radius 2 is 0.826 bits per heavy atom. The minimum atomic E-state index is -7.48. The fraction of sp³-hybridized carbons (Fsp3) is 1.00. The van der Waals surface area contributed by atoms with Gasteiger partial charge in [0.2, 0.25) is 0 Å². The van der Waals surface area contributed by atoms with Crippen LogP contribution in [0.3, 0.4) is 0 Å². The third-order valence-electron chi connectivity index (χ3n) is 2.73. The molecule has 1 fully saturated rings. The average Bonchev–Trinajstić information content (AvgIpc) is 2.23. The second kappa shape index (κ2) is 4.66. The number of hydrogen-bond donors (Lipinski definition) is 0. The number of piperidine rings is 1. The van der Waals surface area contributed by atoms with Crippen LogP contribution in [0, 0.1) is 0 Å². The zero-order chi connectivity index (χ0) is 19.1. The first-order valence-corrected chi connectivity index (χ1v) is 5.83. The molecule has 1 heterocycles. The molecule has 1 aliphatic heterocycles. The van der Waals surface area contributed by atoms with E-state index in [1.54, 1.807) is 0 Å². The highest BCUT2D eigenvalue weighted by Gasteiger charge is 2.98. The monoisotopic (exact) mass is 491 g/mol. The van der Waals surface area contributed by atoms with Crippen molar-refractivity contribution in [1.82, 2.24) is 4.90 Å². The zero-order valence-corrected chi connectivity index (χ0v) is 11.8. The van der Waals surface area contributed by atoms with Crippen LogP contribution in [0.5, 0.6) is 0 Å². The minimum Gasteiger partial charge on any atom is -0.204 e. The van der Waals surface area contributed by atoms with Gasteiger partial charge >= 0.3 is 39.8 Å². The van der Waals surface area contributed by atoms with Gasteiger partial charge in [0.25, 0.3) is 0 Å². The Kier molecular flexibility index (Phi) is 4.20. The summed E-state index contributed by atoms with van der Waals surface area (Å²) in [5.41, 5.74) is 0. The molecule has 0 aromatic rings. The van der Waals surface area contributed by atoms with Crippen molar-refractivity contribution in [3.63, 3.8) is 0 Å². The average molecular weight is 491 g/mol. The highest BCUT2D eigenvalue weighted by atomic mass is 127. The molecule has 0 amide bonds. The largest absolute Gasteiger partial charge is 0.447 e. The van der Waals surface area contributed by atoms with E-state index >= 15 is 0 Å². The molecular weight excluding hydrogens is 491 g/mol. The van der Waals surface area contributed by atoms with Crippen molar-refractivity contribution < 1.29 is 61.5 Å². The zero-order valence-electron chi connectivity index (χ0n) is 9.62. The van der Waals surface area contributed by atoms with E-state index in [0.29, 0.717) is 0 Å². The van der Waals surface area contributed by atoms with Gasteiger partial charge < -0.3 is 0 Å². The summed E-state index contributed by atoms with van der Waals surface area (Å²) < 4.78 is 173. The predicted octanol–water partition coefficient (Wildman–Crippen LogP) is 5.01. The summed E-state index contributed by atoms with van der Waals surface area (Å²) >= 11 is -0.940. The quantitative estimate of drug-likeness (QED) is 0.216. The molecule has 0 bridgehead atoms. The molecule has 23 heavy (non-hydrogen) atoms. The lowest BCUT2D eigenvalue weighted by atomic mass is 9.93. The summed E-state index contributed by atoms with van der Waals surface area (Å²) in [6, 6.07) is -14.7. The van der Waals surface area contributed by atoms with Gasteiger partial charge in [-0.2, -0.15) is 57.1 Å². The SMILES string of the molecule is FC(F)(F)C(F)(I)N1C(F)(F)C(F)(F)C(F)(F)C(F)(F)C1(F)F. The molecule has 0 radical (unpaired) electrons. The maximum absolute atomic E-state index is 13.3. The van der Waals surface area contributed by atoms with Gasteiger partial charge in [0.15, 0.2) is 0 Å². The molecule has 1 saturated heterocycles. The highest BCUT2D eigenvalue weighted by Crippen LogP contribution is 2.68. The standard InChI is InChI=1S/C7F14IN/c8-1(9)2(10,11)5(17,18)23(6(19,20)3(1,12)13)7(21,22)4(14,15)16. The second-order valence-electron chi connectivity index (χ2n) is 4.18. The lowest BCUT2D eigenvalue weighted by molar-refractivity contribution is -0.527. The van der Waals surface area contributed by atoms with E-state index in [-0.39, 0.29) is 0 Å². The van der Waals surface area contributed by atoms with E-state index in [9.17, 15) is 61.5 Å². The van der Waals surface area contributed by atoms with Crippen molar-refractivity contribution in [2.75, 3.05) is 0 Å². The van der Waals surface area contributed by atoms with Gasteiger partial charge in [0, 0.05) is 0 Å². The van der Waals surface area contributed by atoms with Crippen LogP contribution in [0.2, 0.25) is 0 Å². The third kappa shape index (κ3) is 2.14. The van der Waals surface area contributed by atoms with Crippen LogP contribution in [0.1, 0.15) is 0 Å². The number of hydrogen-bond acceptors (Lipinski definition) is 1. The number of halogens is 15. The first-order valence-electron chi connectivity index (χ1n) is 4.76. The smallest absolute Gasteiger partial charge is 0.204 e. The lowest BCUT2D eigenvalue weighted by Gasteiger charge is -2.53. The van der Waals surface area contributed by atoms with Crippen LogP contribution < -0.4 is 0 Å². The van der Waals surface area contributed by atoms with Gasteiger partial charge in [-0.15, -0.1) is 4.90 Å². The Balaban J connectivity index is 3.84. The molecular formula is C7F14IN. The van der Waals surface area contributed by atoms with Crippen LogP contribution in [-0.4, -0.2) is 44.7 Å². The van der Waals surface area contributed by atoms with Gasteiger partial charge in [-0.25, -0.2) is 4.39 Å². The van der Waals surface area contributed by atoms with Gasteiger partial charge in [-0.3, -0.25) is 0 Å². The first-order chi connectivity index (χ1) is 9.62. The van der Waals surface area contributed by atoms with Crippen LogP contribution in [0.15, 0.2) is 0 Å². The molecule has 0 saturated carbocycles. The Hall–Kier alpha value is -0.290. The van der Waals surface area contributed by atoms with E-state index in [4.69, 9.17) is 0 Å². The maximum Gasteiger partial charge on any atom is 0.447 e. The third-order valence-corrected chi connectivity index (χ3v) is 3.82. The lowest BCUT2D eigenvalue weighted by Crippen LogP contribution is -2.85. The van der Waals surface area contributed by atoms with Gasteiger partial charge in [0.1, 0.15) is 0 Å². The molecule has 1 aliphatic rings. The van der Waals surface area contributed by atoms with E-state index in [0.717, 1.165) is 0 Å². The normalized spacial score (nSPS) is 31.4. The molecule has 16 heteroatoms. The summed E-state index contributed by atoms with van der Waals surface area (Å²) in [5.74, 6) is -22.4. The molecule has 1 unspecified atom stereocenters. The molecule has 0 aromatic carbocycles. The fourth-order valence-electron chi connectivity index (χ4n) is 1.51. The molecule has 0 spiro atoms. The van der Waals surface area contributed by atoms with E-state index in [2.05, 4.69) is 0 Å². The van der Waals surface area contributed by atoms with Crippen LogP contribution in [0.4, 0.5) is 61.5 Å². The maximum atomic E-state index is 13.3. The van der Waals surface area contributed by atoms with Gasteiger partial charge in [-0.1, -0.05) is 0 Å². The molecule has 0 aliphatic carbocycles. The molecule has 138 valence electrons. The first kappa shape index (κ1) is 20.8. The van der Waals surface area contributed by atoms with Gasteiger partial charge in [0.05, 0.1) is 0 Å². The Morgan fingerprint density at radius 1 is 0.565 bits per heavy atom. The van der Waals surface area contributed by atoms with Crippen molar-refractivity contribution >= 4 is 22.6 Å². The Morgan fingerprint density at radius 3 is 1.04 bits per heavy atom. The fourth-order valence-corrected chi connectivity index (χ4v) is 2.12. The Bertz CT molecular complexity index is 462. The number of rotatable bonds is 1. The summed E-state index contributed by atoms with van der Waals surface area (Å²) in [6.07, 6.45) is -6.85. The minimum absolute atomic E-state index is 0.940. The molecule has 1 rings (SSSR count). The second-order valence-corrected chi connectivity index (χ2v) is 5.61. The highest BCUT2D eigenvalue weighted by molar-refractivity contribution is 14.1. The van der Waals surface area contributed by atoms with Crippen LogP contribution in [-0.2, 0) is 0 Å². The summed E-state index contributed by atoms with van der Waals surface area (Å²) in [6.45, 7) is 0. The summed E-state index contributed by atoms with van der Waals surface area (Å²) in [4.78, 5) is -3.59. The van der Waals surface area contributed by atoms with Crippen LogP contribution >= 0.6 is 22.6 Å². The number of likely N-dealkylation sites (tertiary alicyclic amines) is 1. The summed E-state index contributed by atoms with van der Waals surface area (Å²) in [7, 11) is 0. The molecule has 1 atom stereocenters. The predicted molar refractivity (Wildman–Crippen MR) is 50.5 cm³/mol. The van der Waals surface area contributed by atoms with Crippen molar-refractivity contribution in [2.45, 2.75) is 39.8 Å². The Labute approximate surface area is 129 Å². The number of nitrogens with zero attached hydrogens (tertiary/aromatic N) is 1. The molecule has 1 nitrogen and oxygen atoms in total. The van der Waals surface area contributed by atoms with E-state index in [1.165, 1.54) is 0 Å². The van der Waals surface area contributed by atoms with Crippen molar-refractivity contribution in [3.8, 4) is 0 Å². The van der Waals surface area contributed by atoms with E-state index in [1.807, 2.05) is 0 Å².